The van der Waals surface area contributed by atoms with Crippen LogP contribution < -0.4 is 16.0 Å². The molecule has 0 saturated heterocycles. The van der Waals surface area contributed by atoms with Crippen LogP contribution in [-0.4, -0.2) is 24.7 Å². The summed E-state index contributed by atoms with van der Waals surface area (Å²) in [6.45, 7) is 5.14. The molecule has 3 aromatic rings. The summed E-state index contributed by atoms with van der Waals surface area (Å²) in [5, 5.41) is 20.4. The fourth-order valence-electron chi connectivity index (χ4n) is 5.79. The molecule has 1 aliphatic rings. The van der Waals surface area contributed by atoms with E-state index in [0.717, 1.165) is 49.8 Å². The third-order valence-electron chi connectivity index (χ3n) is 8.12. The molecule has 198 valence electrons. The van der Waals surface area contributed by atoms with E-state index >= 15 is 0 Å². The van der Waals surface area contributed by atoms with E-state index in [2.05, 4.69) is 59.3 Å². The molecule has 2 amide bonds. The third-order valence-corrected chi connectivity index (χ3v) is 8.12. The molecule has 0 heterocycles. The van der Waals surface area contributed by atoms with E-state index in [0.29, 0.717) is 12.0 Å². The lowest BCUT2D eigenvalue weighted by Gasteiger charge is -2.35. The van der Waals surface area contributed by atoms with Crippen molar-refractivity contribution in [1.29, 1.82) is 5.26 Å². The molecule has 0 spiro atoms. The fraction of sp³-hybridized carbons (Fsp3) is 0.394. The van der Waals surface area contributed by atoms with Crippen LogP contribution in [0.3, 0.4) is 0 Å². The lowest BCUT2D eigenvalue weighted by molar-refractivity contribution is 0.219. The van der Waals surface area contributed by atoms with Crippen molar-refractivity contribution in [3.63, 3.8) is 0 Å². The van der Waals surface area contributed by atoms with E-state index in [-0.39, 0.29) is 12.1 Å². The van der Waals surface area contributed by atoms with Crippen LogP contribution in [0, 0.1) is 17.2 Å². The predicted octanol–water partition coefficient (Wildman–Crippen LogP) is 6.48. The van der Waals surface area contributed by atoms with Crippen molar-refractivity contribution in [3.05, 3.63) is 108 Å². The molecule has 1 fully saturated rings. The zero-order valence-corrected chi connectivity index (χ0v) is 22.6. The van der Waals surface area contributed by atoms with Gasteiger partial charge in [-0.15, -0.1) is 0 Å². The number of hydrogen-bond donors (Lipinski definition) is 3. The normalized spacial score (nSPS) is 19.1. The molecule has 2 atom stereocenters. The zero-order valence-electron chi connectivity index (χ0n) is 22.6. The highest BCUT2D eigenvalue weighted by molar-refractivity contribution is 5.75. The van der Waals surface area contributed by atoms with Crippen LogP contribution in [-0.2, 0) is 5.41 Å². The lowest BCUT2D eigenvalue weighted by Crippen LogP contribution is -2.53. The van der Waals surface area contributed by atoms with E-state index in [1.54, 1.807) is 0 Å². The number of rotatable bonds is 10. The Balaban J connectivity index is 1.28. The highest BCUT2D eigenvalue weighted by atomic mass is 16.2. The molecular weight excluding hydrogens is 468 g/mol. The van der Waals surface area contributed by atoms with Crippen molar-refractivity contribution in [2.45, 2.75) is 69.5 Å². The van der Waals surface area contributed by atoms with Gasteiger partial charge in [0.25, 0.3) is 0 Å². The molecule has 0 bridgehead atoms. The Hall–Kier alpha value is -3.62. The number of amides is 2. The minimum atomic E-state index is -0.985. The second-order valence-corrected chi connectivity index (χ2v) is 10.6. The second-order valence-electron chi connectivity index (χ2n) is 10.6. The smallest absolute Gasteiger partial charge is 0.315 e. The molecule has 0 radical (unpaired) electrons. The summed E-state index contributed by atoms with van der Waals surface area (Å²) in [6.07, 6.45) is 5.38. The molecule has 1 saturated carbocycles. The van der Waals surface area contributed by atoms with Crippen LogP contribution in [0.15, 0.2) is 91.0 Å². The minimum absolute atomic E-state index is 0.166. The summed E-state index contributed by atoms with van der Waals surface area (Å²) in [4.78, 5) is 13.1. The van der Waals surface area contributed by atoms with Crippen molar-refractivity contribution in [3.8, 4) is 6.07 Å². The molecule has 1 aliphatic carbocycles. The van der Waals surface area contributed by atoms with Crippen LogP contribution in [0.4, 0.5) is 4.79 Å². The van der Waals surface area contributed by atoms with Crippen molar-refractivity contribution in [2.75, 3.05) is 6.54 Å². The Kier molecular flexibility index (Phi) is 9.56. The van der Waals surface area contributed by atoms with E-state index in [4.69, 9.17) is 0 Å². The molecule has 3 N–H and O–H groups in total. The number of carbonyl (C=O) groups is 1. The topological polar surface area (TPSA) is 77.0 Å². The maximum atomic E-state index is 13.1. The van der Waals surface area contributed by atoms with Crippen molar-refractivity contribution >= 4 is 6.03 Å². The number of nitrogens with zero attached hydrogens (tertiary/aromatic N) is 1. The first-order chi connectivity index (χ1) is 18.5. The Morgan fingerprint density at radius 2 is 1.39 bits per heavy atom. The number of hydrogen-bond acceptors (Lipinski definition) is 3. The molecule has 38 heavy (non-hydrogen) atoms. The second kappa shape index (κ2) is 13.3. The Morgan fingerprint density at radius 1 is 0.868 bits per heavy atom. The number of nitrogens with one attached hydrogen (secondary N) is 3. The van der Waals surface area contributed by atoms with Crippen molar-refractivity contribution < 1.29 is 4.79 Å². The van der Waals surface area contributed by atoms with Gasteiger partial charge in [-0.3, -0.25) is 0 Å². The van der Waals surface area contributed by atoms with Crippen LogP contribution in [0.5, 0.6) is 0 Å². The molecule has 0 unspecified atom stereocenters. The zero-order chi connectivity index (χ0) is 26.8. The number of nitriles is 1. The first-order valence-electron chi connectivity index (χ1n) is 13.9. The third kappa shape index (κ3) is 6.62. The van der Waals surface area contributed by atoms with E-state index in [1.807, 2.05) is 67.6 Å². The number of carbonyl (C=O) groups excluding carboxylic acids is 1. The molecule has 4 rings (SSSR count). The summed E-state index contributed by atoms with van der Waals surface area (Å²) in [7, 11) is 0. The van der Waals surface area contributed by atoms with Gasteiger partial charge in [-0.1, -0.05) is 91.0 Å². The summed E-state index contributed by atoms with van der Waals surface area (Å²) in [5.74, 6) is 0.688. The molecular formula is C33H40N4O. The number of urea groups is 1. The maximum Gasteiger partial charge on any atom is 0.315 e. The van der Waals surface area contributed by atoms with E-state index < -0.39 is 11.5 Å². The predicted molar refractivity (Wildman–Crippen MR) is 154 cm³/mol. The Labute approximate surface area is 227 Å². The summed E-state index contributed by atoms with van der Waals surface area (Å²) < 4.78 is 0. The van der Waals surface area contributed by atoms with Gasteiger partial charge in [0.15, 0.2) is 0 Å². The monoisotopic (exact) mass is 508 g/mol. The standard InChI is InChI=1S/C33H40N4O/c1-25(28-12-6-3-7-13-28)35-23-22-27-18-20-31(21-19-27)37-32(38)36-26(2)33(24-34,29-14-8-4-9-15-29)30-16-10-5-11-17-30/h3-17,25-27,31,35H,18-23H2,1-2H3,(H2,36,37,38)/t25-,26+,27-,31-/m1/s1. The Morgan fingerprint density at radius 3 is 1.92 bits per heavy atom. The van der Waals surface area contributed by atoms with Crippen LogP contribution in [0.25, 0.3) is 0 Å². The molecule has 0 aromatic heterocycles. The minimum Gasteiger partial charge on any atom is -0.335 e. The van der Waals surface area contributed by atoms with Gasteiger partial charge in [0, 0.05) is 12.1 Å². The van der Waals surface area contributed by atoms with Gasteiger partial charge in [-0.2, -0.15) is 5.26 Å². The first kappa shape index (κ1) is 27.4. The first-order valence-corrected chi connectivity index (χ1v) is 13.9. The summed E-state index contributed by atoms with van der Waals surface area (Å²) >= 11 is 0. The lowest BCUT2D eigenvalue weighted by atomic mass is 9.70. The maximum absolute atomic E-state index is 13.1. The average Bonchev–Trinajstić information content (AvgIpc) is 2.96. The fourth-order valence-corrected chi connectivity index (χ4v) is 5.79. The van der Waals surface area contributed by atoms with Gasteiger partial charge in [-0.25, -0.2) is 4.79 Å². The SMILES string of the molecule is C[C@H](NC(=O)N[C@H]1CC[C@H](CCN[C@H](C)c2ccccc2)CC1)C(C#N)(c1ccccc1)c1ccccc1. The van der Waals surface area contributed by atoms with Crippen LogP contribution in [0.2, 0.25) is 0 Å². The average molecular weight is 509 g/mol. The largest absolute Gasteiger partial charge is 0.335 e. The Bertz CT molecular complexity index is 1130. The van der Waals surface area contributed by atoms with Gasteiger partial charge in [0.2, 0.25) is 0 Å². The van der Waals surface area contributed by atoms with Gasteiger partial charge in [-0.05, 0) is 75.1 Å². The van der Waals surface area contributed by atoms with E-state index in [1.165, 1.54) is 5.56 Å². The molecule has 0 aliphatic heterocycles. The summed E-state index contributed by atoms with van der Waals surface area (Å²) in [6, 6.07) is 32.5. The van der Waals surface area contributed by atoms with Crippen LogP contribution >= 0.6 is 0 Å². The van der Waals surface area contributed by atoms with Crippen LogP contribution in [0.1, 0.15) is 68.7 Å². The number of benzene rings is 3. The quantitative estimate of drug-likeness (QED) is 0.293. The van der Waals surface area contributed by atoms with Crippen molar-refractivity contribution in [1.82, 2.24) is 16.0 Å². The molecule has 3 aromatic carbocycles. The molecule has 5 heteroatoms. The van der Waals surface area contributed by atoms with Gasteiger partial charge < -0.3 is 16.0 Å². The molecule has 5 nitrogen and oxygen atoms in total. The highest BCUT2D eigenvalue weighted by Gasteiger charge is 2.41. The van der Waals surface area contributed by atoms with E-state index in [9.17, 15) is 10.1 Å². The van der Waals surface area contributed by atoms with Gasteiger partial charge in [0.05, 0.1) is 12.1 Å². The summed E-state index contributed by atoms with van der Waals surface area (Å²) in [5.41, 5.74) is 2.08. The highest BCUT2D eigenvalue weighted by Crippen LogP contribution is 2.35. The van der Waals surface area contributed by atoms with Gasteiger partial charge >= 0.3 is 6.03 Å². The van der Waals surface area contributed by atoms with Gasteiger partial charge in [0.1, 0.15) is 5.41 Å². The van der Waals surface area contributed by atoms with Crippen molar-refractivity contribution in [2.24, 2.45) is 5.92 Å².